The maximum Gasteiger partial charge on any atom is 0.172 e. The van der Waals surface area contributed by atoms with Crippen LogP contribution < -0.4 is 4.90 Å². The molecule has 1 saturated heterocycles. The number of halogens is 4. The van der Waals surface area contributed by atoms with Gasteiger partial charge in [-0.05, 0) is 37.3 Å². The van der Waals surface area contributed by atoms with Crippen LogP contribution in [-0.2, 0) is 0 Å². The molecular formula is C22H23Cl4N5. The van der Waals surface area contributed by atoms with Crippen molar-refractivity contribution in [3.8, 4) is 5.82 Å². The highest BCUT2D eigenvalue weighted by Crippen LogP contribution is 2.26. The first-order chi connectivity index (χ1) is 14.5. The Hall–Kier alpha value is -1.76. The fraction of sp³-hybridized carbons (Fsp3) is 0.273. The fourth-order valence-corrected chi connectivity index (χ4v) is 4.29. The smallest absolute Gasteiger partial charge is 0.172 e. The molecule has 0 amide bonds. The lowest BCUT2D eigenvalue weighted by Crippen LogP contribution is -2.46. The van der Waals surface area contributed by atoms with Crippen LogP contribution in [0.5, 0.6) is 0 Å². The third-order valence-electron chi connectivity index (χ3n) is 5.23. The summed E-state index contributed by atoms with van der Waals surface area (Å²) in [7, 11) is 0. The van der Waals surface area contributed by atoms with Gasteiger partial charge in [-0.2, -0.15) is 5.10 Å². The Morgan fingerprint density at radius 3 is 2.42 bits per heavy atom. The summed E-state index contributed by atoms with van der Waals surface area (Å²) in [6, 6.07) is 9.33. The van der Waals surface area contributed by atoms with E-state index in [-0.39, 0.29) is 12.4 Å². The van der Waals surface area contributed by atoms with Crippen molar-refractivity contribution >= 4 is 59.0 Å². The summed E-state index contributed by atoms with van der Waals surface area (Å²) in [5.74, 6) is 0.647. The quantitative estimate of drug-likeness (QED) is 0.446. The van der Waals surface area contributed by atoms with E-state index in [1.807, 2.05) is 37.4 Å². The summed E-state index contributed by atoms with van der Waals surface area (Å²) in [6.45, 7) is 6.76. The molecule has 0 bridgehead atoms. The van der Waals surface area contributed by atoms with Gasteiger partial charge < -0.3 is 4.90 Å². The van der Waals surface area contributed by atoms with Gasteiger partial charge >= 0.3 is 0 Å². The Morgan fingerprint density at radius 1 is 1.03 bits per heavy atom. The first-order valence-electron chi connectivity index (χ1n) is 9.77. The molecular weight excluding hydrogens is 476 g/mol. The number of piperazine rings is 1. The van der Waals surface area contributed by atoms with E-state index < -0.39 is 0 Å². The van der Waals surface area contributed by atoms with Crippen molar-refractivity contribution in [1.82, 2.24) is 19.7 Å². The van der Waals surface area contributed by atoms with Crippen LogP contribution in [0.1, 0.15) is 11.3 Å². The van der Waals surface area contributed by atoms with Crippen LogP contribution in [0.4, 0.5) is 5.69 Å². The summed E-state index contributed by atoms with van der Waals surface area (Å²) in [4.78, 5) is 9.08. The van der Waals surface area contributed by atoms with E-state index in [0.29, 0.717) is 20.9 Å². The Labute approximate surface area is 203 Å². The molecule has 0 saturated carbocycles. The van der Waals surface area contributed by atoms with Crippen LogP contribution in [0.2, 0.25) is 15.1 Å². The molecule has 3 heterocycles. The fourth-order valence-electron chi connectivity index (χ4n) is 3.57. The number of hydrogen-bond acceptors (Lipinski definition) is 4. The zero-order valence-corrected chi connectivity index (χ0v) is 20.1. The Bertz CT molecular complexity index is 1040. The third kappa shape index (κ3) is 5.73. The van der Waals surface area contributed by atoms with E-state index >= 15 is 0 Å². The molecule has 1 aliphatic heterocycles. The first-order valence-corrected chi connectivity index (χ1v) is 10.9. The number of rotatable bonds is 5. The van der Waals surface area contributed by atoms with Crippen LogP contribution >= 0.6 is 47.2 Å². The maximum atomic E-state index is 6.25. The highest BCUT2D eigenvalue weighted by atomic mass is 35.5. The lowest BCUT2D eigenvalue weighted by Gasteiger charge is -2.35. The molecule has 9 heteroatoms. The lowest BCUT2D eigenvalue weighted by molar-refractivity contribution is 0.284. The van der Waals surface area contributed by atoms with Gasteiger partial charge in [0, 0.05) is 60.2 Å². The first kappa shape index (κ1) is 23.9. The van der Waals surface area contributed by atoms with Gasteiger partial charge in [0.25, 0.3) is 0 Å². The molecule has 0 aliphatic carbocycles. The number of pyridine rings is 1. The Morgan fingerprint density at radius 2 is 1.74 bits per heavy atom. The van der Waals surface area contributed by atoms with E-state index in [1.54, 1.807) is 16.9 Å². The molecule has 0 N–H and O–H groups in total. The topological polar surface area (TPSA) is 37.2 Å². The third-order valence-corrected chi connectivity index (χ3v) is 5.96. The second kappa shape index (κ2) is 10.7. The standard InChI is InChI=1S/C22H22Cl3N5.ClH/c1-16-17(15-27-30(16)22-21(25)5-2-6-26-22)4-3-7-28-8-10-29(11-9-28)20-13-18(23)12-19(24)14-20;/h2-6,12-15H,7-11H2,1H3;1H. The van der Waals surface area contributed by atoms with Gasteiger partial charge in [0.2, 0.25) is 0 Å². The van der Waals surface area contributed by atoms with Crippen LogP contribution in [0.15, 0.2) is 48.8 Å². The van der Waals surface area contributed by atoms with Crippen LogP contribution in [-0.4, -0.2) is 52.4 Å². The molecule has 0 spiro atoms. The van der Waals surface area contributed by atoms with E-state index in [9.17, 15) is 0 Å². The van der Waals surface area contributed by atoms with E-state index in [1.165, 1.54) is 0 Å². The zero-order chi connectivity index (χ0) is 21.1. The minimum atomic E-state index is 0. The largest absolute Gasteiger partial charge is 0.369 e. The van der Waals surface area contributed by atoms with Crippen LogP contribution in [0.25, 0.3) is 11.9 Å². The molecule has 3 aromatic rings. The zero-order valence-electron chi connectivity index (χ0n) is 17.0. The highest BCUT2D eigenvalue weighted by Gasteiger charge is 2.17. The summed E-state index contributed by atoms with van der Waals surface area (Å²) in [6.07, 6.45) is 7.85. The molecule has 31 heavy (non-hydrogen) atoms. The van der Waals surface area contributed by atoms with E-state index in [4.69, 9.17) is 34.8 Å². The molecule has 1 aliphatic rings. The molecule has 2 aromatic heterocycles. The van der Waals surface area contributed by atoms with Crippen molar-refractivity contribution in [2.24, 2.45) is 0 Å². The Kier molecular flexibility index (Phi) is 8.25. The van der Waals surface area contributed by atoms with Crippen LogP contribution in [0.3, 0.4) is 0 Å². The normalized spacial score (nSPS) is 14.8. The molecule has 1 aromatic carbocycles. The van der Waals surface area contributed by atoms with E-state index in [0.717, 1.165) is 49.7 Å². The average Bonchev–Trinajstić information content (AvgIpc) is 3.08. The molecule has 5 nitrogen and oxygen atoms in total. The summed E-state index contributed by atoms with van der Waals surface area (Å²) < 4.78 is 1.77. The average molecular weight is 499 g/mol. The van der Waals surface area contributed by atoms with Gasteiger partial charge in [-0.25, -0.2) is 9.67 Å². The molecule has 0 radical (unpaired) electrons. The van der Waals surface area contributed by atoms with Gasteiger partial charge in [-0.15, -0.1) is 12.4 Å². The number of aromatic nitrogens is 3. The maximum absolute atomic E-state index is 6.25. The van der Waals surface area contributed by atoms with Gasteiger partial charge in [0.05, 0.1) is 16.9 Å². The molecule has 1 fully saturated rings. The molecule has 4 rings (SSSR count). The van der Waals surface area contributed by atoms with Crippen molar-refractivity contribution in [2.75, 3.05) is 37.6 Å². The minimum absolute atomic E-state index is 0. The number of anilines is 1. The van der Waals surface area contributed by atoms with Crippen molar-refractivity contribution in [2.45, 2.75) is 6.92 Å². The highest BCUT2D eigenvalue weighted by molar-refractivity contribution is 6.35. The van der Waals surface area contributed by atoms with Gasteiger partial charge in [-0.1, -0.05) is 47.0 Å². The Balaban J connectivity index is 0.00000272. The van der Waals surface area contributed by atoms with Crippen molar-refractivity contribution in [3.63, 3.8) is 0 Å². The molecule has 164 valence electrons. The molecule has 0 atom stereocenters. The SMILES string of the molecule is Cc1c(C=CCN2CCN(c3cc(Cl)cc(Cl)c3)CC2)cnn1-c1ncccc1Cl.Cl. The summed E-state index contributed by atoms with van der Waals surface area (Å²) in [5, 5.41) is 6.37. The predicted molar refractivity (Wildman–Crippen MR) is 133 cm³/mol. The molecule has 0 unspecified atom stereocenters. The van der Waals surface area contributed by atoms with Crippen LogP contribution in [0, 0.1) is 6.92 Å². The second-order valence-electron chi connectivity index (χ2n) is 7.22. The van der Waals surface area contributed by atoms with Crippen molar-refractivity contribution in [3.05, 3.63) is 75.1 Å². The monoisotopic (exact) mass is 497 g/mol. The van der Waals surface area contributed by atoms with Gasteiger partial charge in [-0.3, -0.25) is 4.90 Å². The van der Waals surface area contributed by atoms with Gasteiger partial charge in [0.15, 0.2) is 5.82 Å². The minimum Gasteiger partial charge on any atom is -0.369 e. The van der Waals surface area contributed by atoms with E-state index in [2.05, 4.69) is 32.0 Å². The summed E-state index contributed by atoms with van der Waals surface area (Å²) >= 11 is 18.5. The summed E-state index contributed by atoms with van der Waals surface area (Å²) in [5.41, 5.74) is 3.15. The second-order valence-corrected chi connectivity index (χ2v) is 8.50. The number of benzene rings is 1. The number of hydrogen-bond donors (Lipinski definition) is 0. The van der Waals surface area contributed by atoms with Gasteiger partial charge in [0.1, 0.15) is 0 Å². The number of nitrogens with zero attached hydrogens (tertiary/aromatic N) is 5. The van der Waals surface area contributed by atoms with Crippen molar-refractivity contribution < 1.29 is 0 Å². The van der Waals surface area contributed by atoms with Crippen molar-refractivity contribution in [1.29, 1.82) is 0 Å². The predicted octanol–water partition coefficient (Wildman–Crippen LogP) is 5.79. The lowest BCUT2D eigenvalue weighted by atomic mass is 10.2.